The van der Waals surface area contributed by atoms with Crippen LogP contribution in [0, 0.1) is 0 Å². The second-order valence-corrected chi connectivity index (χ2v) is 5.07. The number of carbonyl (C=O) groups is 2. The van der Waals surface area contributed by atoms with Crippen LogP contribution in [0.2, 0.25) is 0 Å². The highest BCUT2D eigenvalue weighted by Gasteiger charge is 2.28. The summed E-state index contributed by atoms with van der Waals surface area (Å²) in [6, 6.07) is 1.63. The molecule has 1 heterocycles. The Morgan fingerprint density at radius 3 is 2.89 bits per heavy atom. The summed E-state index contributed by atoms with van der Waals surface area (Å²) < 4.78 is 4.76. The average Bonchev–Trinajstić information content (AvgIpc) is 3.08. The van der Waals surface area contributed by atoms with Gasteiger partial charge in [0.1, 0.15) is 11.6 Å². The Morgan fingerprint density at radius 1 is 1.61 bits per heavy atom. The lowest BCUT2D eigenvalue weighted by Crippen LogP contribution is -2.14. The van der Waals surface area contributed by atoms with E-state index in [2.05, 4.69) is 11.9 Å². The van der Waals surface area contributed by atoms with Gasteiger partial charge in [-0.2, -0.15) is 0 Å². The van der Waals surface area contributed by atoms with Gasteiger partial charge >= 0.3 is 12.1 Å². The van der Waals surface area contributed by atoms with Crippen molar-refractivity contribution in [3.63, 3.8) is 0 Å². The quantitative estimate of drug-likeness (QED) is 0.804. The summed E-state index contributed by atoms with van der Waals surface area (Å²) in [4.78, 5) is 23.5. The fraction of sp³-hybridized carbons (Fsp3) is 0.333. The van der Waals surface area contributed by atoms with Gasteiger partial charge in [0.25, 0.3) is 0 Å². The minimum absolute atomic E-state index is 0.0924. The zero-order valence-corrected chi connectivity index (χ0v) is 10.5. The van der Waals surface area contributed by atoms with Gasteiger partial charge in [-0.3, -0.25) is 5.32 Å². The third kappa shape index (κ3) is 2.89. The fourth-order valence-electron chi connectivity index (χ4n) is 1.49. The lowest BCUT2D eigenvalue weighted by molar-refractivity contribution is 0.0698. The van der Waals surface area contributed by atoms with Crippen LogP contribution < -0.4 is 5.32 Å². The first kappa shape index (κ1) is 12.6. The zero-order chi connectivity index (χ0) is 13.1. The molecule has 1 aromatic heterocycles. The molecule has 0 aliphatic heterocycles. The second-order valence-electron chi connectivity index (χ2n) is 3.98. The molecular formula is C12H13NO4S. The molecule has 1 aliphatic carbocycles. The van der Waals surface area contributed by atoms with E-state index in [1.165, 1.54) is 17.4 Å². The Morgan fingerprint density at radius 2 is 2.33 bits per heavy atom. The van der Waals surface area contributed by atoms with Crippen molar-refractivity contribution in [1.82, 2.24) is 0 Å². The highest BCUT2D eigenvalue weighted by atomic mass is 32.1. The highest BCUT2D eigenvalue weighted by molar-refractivity contribution is 7.16. The second kappa shape index (κ2) is 5.22. The maximum Gasteiger partial charge on any atom is 0.412 e. The maximum absolute atomic E-state index is 11.4. The maximum atomic E-state index is 11.4. The number of ether oxygens (including phenoxy) is 1. The average molecular weight is 267 g/mol. The number of aromatic carboxylic acids is 1. The molecule has 0 spiro atoms. The van der Waals surface area contributed by atoms with Crippen LogP contribution in [0.15, 0.2) is 18.7 Å². The number of amides is 1. The van der Waals surface area contributed by atoms with Crippen LogP contribution in [0.5, 0.6) is 0 Å². The summed E-state index contributed by atoms with van der Waals surface area (Å²) in [5.74, 6) is -0.593. The molecule has 6 heteroatoms. The third-order valence-electron chi connectivity index (χ3n) is 2.51. The highest BCUT2D eigenvalue weighted by Crippen LogP contribution is 2.45. The normalized spacial score (nSPS) is 14.0. The number of anilines is 1. The van der Waals surface area contributed by atoms with Crippen LogP contribution in [0.3, 0.4) is 0 Å². The standard InChI is InChI=1S/C12H13NO4S/c1-2-5-17-12(16)13-10-8(11(14)15)6-9(18-10)7-3-4-7/h2,6-7H,1,3-5H2,(H,13,16)(H,14,15). The van der Waals surface area contributed by atoms with Crippen molar-refractivity contribution in [2.75, 3.05) is 11.9 Å². The van der Waals surface area contributed by atoms with Crippen LogP contribution >= 0.6 is 11.3 Å². The molecule has 0 radical (unpaired) electrons. The van der Waals surface area contributed by atoms with E-state index < -0.39 is 12.1 Å². The summed E-state index contributed by atoms with van der Waals surface area (Å²) in [5.41, 5.74) is 0.123. The van der Waals surface area contributed by atoms with E-state index in [0.717, 1.165) is 17.7 Å². The van der Waals surface area contributed by atoms with Crippen molar-refractivity contribution in [3.05, 3.63) is 29.2 Å². The van der Waals surface area contributed by atoms with Gasteiger partial charge in [-0.05, 0) is 24.8 Å². The van der Waals surface area contributed by atoms with Gasteiger partial charge in [-0.1, -0.05) is 12.7 Å². The molecule has 1 aliphatic rings. The molecule has 5 nitrogen and oxygen atoms in total. The minimum Gasteiger partial charge on any atom is -0.478 e. The van der Waals surface area contributed by atoms with Gasteiger partial charge in [0, 0.05) is 4.88 Å². The Balaban J connectivity index is 2.12. The molecule has 0 atom stereocenters. The van der Waals surface area contributed by atoms with Gasteiger partial charge in [0.15, 0.2) is 0 Å². The van der Waals surface area contributed by atoms with Crippen LogP contribution in [-0.2, 0) is 4.74 Å². The van der Waals surface area contributed by atoms with E-state index in [0.29, 0.717) is 10.9 Å². The van der Waals surface area contributed by atoms with Crippen LogP contribution in [0.4, 0.5) is 9.80 Å². The number of nitrogens with one attached hydrogen (secondary N) is 1. The third-order valence-corrected chi connectivity index (χ3v) is 3.72. The molecule has 0 aromatic carbocycles. The Kier molecular flexibility index (Phi) is 3.66. The van der Waals surface area contributed by atoms with Crippen molar-refractivity contribution in [3.8, 4) is 0 Å². The molecule has 18 heavy (non-hydrogen) atoms. The SMILES string of the molecule is C=CCOC(=O)Nc1sc(C2CC2)cc1C(=O)O. The predicted molar refractivity (Wildman–Crippen MR) is 68.4 cm³/mol. The number of carbonyl (C=O) groups excluding carboxylic acids is 1. The monoisotopic (exact) mass is 267 g/mol. The Hall–Kier alpha value is -1.82. The van der Waals surface area contributed by atoms with Gasteiger partial charge < -0.3 is 9.84 Å². The van der Waals surface area contributed by atoms with Crippen LogP contribution in [-0.4, -0.2) is 23.8 Å². The van der Waals surface area contributed by atoms with Gasteiger partial charge in [0.05, 0.1) is 5.56 Å². The number of thiophene rings is 1. The molecule has 2 rings (SSSR count). The van der Waals surface area contributed by atoms with E-state index in [-0.39, 0.29) is 12.2 Å². The summed E-state index contributed by atoms with van der Waals surface area (Å²) in [7, 11) is 0. The van der Waals surface area contributed by atoms with Crippen LogP contribution in [0.25, 0.3) is 0 Å². The van der Waals surface area contributed by atoms with E-state index in [1.807, 2.05) is 0 Å². The number of hydrogen-bond acceptors (Lipinski definition) is 4. The lowest BCUT2D eigenvalue weighted by Gasteiger charge is -2.03. The molecule has 1 amide bonds. The molecule has 0 bridgehead atoms. The summed E-state index contributed by atoms with van der Waals surface area (Å²) in [6.45, 7) is 3.52. The fourth-order valence-corrected chi connectivity index (χ4v) is 2.70. The van der Waals surface area contributed by atoms with Crippen molar-refractivity contribution >= 4 is 28.4 Å². The zero-order valence-electron chi connectivity index (χ0n) is 9.64. The van der Waals surface area contributed by atoms with Gasteiger partial charge in [-0.25, -0.2) is 9.59 Å². The minimum atomic E-state index is -1.04. The van der Waals surface area contributed by atoms with Crippen LogP contribution in [0.1, 0.15) is 34.0 Å². The first-order chi connectivity index (χ1) is 8.61. The van der Waals surface area contributed by atoms with E-state index in [9.17, 15) is 9.59 Å². The van der Waals surface area contributed by atoms with Crippen molar-refractivity contribution in [1.29, 1.82) is 0 Å². The molecular weight excluding hydrogens is 254 g/mol. The topological polar surface area (TPSA) is 75.6 Å². The summed E-state index contributed by atoms with van der Waals surface area (Å²) in [5, 5.41) is 11.9. The Bertz CT molecular complexity index is 490. The summed E-state index contributed by atoms with van der Waals surface area (Å²) in [6.07, 6.45) is 2.95. The van der Waals surface area contributed by atoms with Crippen molar-refractivity contribution in [2.45, 2.75) is 18.8 Å². The number of carboxylic acids is 1. The summed E-state index contributed by atoms with van der Waals surface area (Å²) >= 11 is 1.30. The lowest BCUT2D eigenvalue weighted by atomic mass is 10.2. The van der Waals surface area contributed by atoms with Gasteiger partial charge in [0.2, 0.25) is 0 Å². The molecule has 1 aromatic rings. The smallest absolute Gasteiger partial charge is 0.412 e. The molecule has 0 unspecified atom stereocenters. The first-order valence-electron chi connectivity index (χ1n) is 5.53. The number of hydrogen-bond donors (Lipinski definition) is 2. The van der Waals surface area contributed by atoms with Crippen molar-refractivity contribution in [2.24, 2.45) is 0 Å². The predicted octanol–water partition coefficient (Wildman–Crippen LogP) is 3.06. The first-order valence-corrected chi connectivity index (χ1v) is 6.35. The number of rotatable bonds is 5. The molecule has 96 valence electrons. The Labute approximate surface area is 108 Å². The van der Waals surface area contributed by atoms with E-state index >= 15 is 0 Å². The molecule has 1 fully saturated rings. The molecule has 1 saturated carbocycles. The largest absolute Gasteiger partial charge is 0.478 e. The number of carboxylic acid groups (broad SMARTS) is 1. The van der Waals surface area contributed by atoms with Gasteiger partial charge in [-0.15, -0.1) is 11.3 Å². The molecule has 2 N–H and O–H groups in total. The van der Waals surface area contributed by atoms with E-state index in [1.54, 1.807) is 6.07 Å². The van der Waals surface area contributed by atoms with Crippen molar-refractivity contribution < 1.29 is 19.4 Å². The van der Waals surface area contributed by atoms with E-state index in [4.69, 9.17) is 9.84 Å². The molecule has 0 saturated heterocycles.